The average molecular weight is 344 g/mol. The normalized spacial score (nSPS) is 22.9. The molecule has 1 aliphatic carbocycles. The number of alkyl halides is 3. The first-order valence-electron chi connectivity index (χ1n) is 4.92. The van der Waals surface area contributed by atoms with Crippen molar-refractivity contribution in [1.29, 1.82) is 0 Å². The summed E-state index contributed by atoms with van der Waals surface area (Å²) in [6.07, 6.45) is 1.55. The highest BCUT2D eigenvalue weighted by Crippen LogP contribution is 2.49. The van der Waals surface area contributed by atoms with E-state index in [1.807, 2.05) is 0 Å². The van der Waals surface area contributed by atoms with Gasteiger partial charge in [0.05, 0.1) is 5.03 Å². The number of aromatic hydroxyl groups is 1. The van der Waals surface area contributed by atoms with Crippen LogP contribution in [0, 0.1) is 0 Å². The van der Waals surface area contributed by atoms with Gasteiger partial charge in [-0.25, -0.2) is 0 Å². The second kappa shape index (κ2) is 5.15. The minimum atomic E-state index is -1.44. The fourth-order valence-corrected chi connectivity index (χ4v) is 2.88. The van der Waals surface area contributed by atoms with E-state index in [0.29, 0.717) is 11.1 Å². The molecule has 1 aliphatic rings. The molecule has 0 bridgehead atoms. The topological polar surface area (TPSA) is 20.2 Å². The number of hydrogen-bond donors (Lipinski definition) is 1. The summed E-state index contributed by atoms with van der Waals surface area (Å²) in [7, 11) is 0. The van der Waals surface area contributed by atoms with Crippen molar-refractivity contribution in [3.8, 4) is 5.75 Å². The van der Waals surface area contributed by atoms with Gasteiger partial charge in [-0.05, 0) is 29.3 Å². The number of phenols is 1. The molecule has 0 amide bonds. The molecule has 6 heteroatoms. The molecule has 0 aliphatic heterocycles. The molecule has 1 N–H and O–H groups in total. The van der Waals surface area contributed by atoms with E-state index in [0.717, 1.165) is 0 Å². The van der Waals surface area contributed by atoms with Crippen LogP contribution in [-0.2, 0) is 0 Å². The van der Waals surface area contributed by atoms with Crippen molar-refractivity contribution in [2.75, 3.05) is 0 Å². The van der Waals surface area contributed by atoms with Crippen LogP contribution in [-0.4, -0.2) is 14.8 Å². The second-order valence-electron chi connectivity index (χ2n) is 3.79. The molecule has 1 aromatic carbocycles. The number of benzene rings is 1. The summed E-state index contributed by atoms with van der Waals surface area (Å²) in [6, 6.07) is 6.57. The minimum absolute atomic E-state index is 0.119. The van der Waals surface area contributed by atoms with Gasteiger partial charge < -0.3 is 5.11 Å². The summed E-state index contributed by atoms with van der Waals surface area (Å²) in [5.41, 5.74) is 1.28. The highest BCUT2D eigenvalue weighted by molar-refractivity contribution is 6.61. The molecule has 0 fully saturated rings. The first kappa shape index (κ1) is 14.4. The Bertz CT molecular complexity index is 547. The fourth-order valence-electron chi connectivity index (χ4n) is 1.60. The van der Waals surface area contributed by atoms with Gasteiger partial charge in [-0.3, -0.25) is 0 Å². The third kappa shape index (κ3) is 2.48. The van der Waals surface area contributed by atoms with Crippen molar-refractivity contribution in [3.63, 3.8) is 0 Å². The van der Waals surface area contributed by atoms with Crippen molar-refractivity contribution >= 4 is 63.6 Å². The number of allylic oxidation sites excluding steroid dienone is 4. The lowest BCUT2D eigenvalue weighted by atomic mass is 9.98. The SMILES string of the molecule is Oc1cccc(C2=C(Cl)C(Cl)C(Cl)(Cl)C(Cl)=C2)c1. The highest BCUT2D eigenvalue weighted by Gasteiger charge is 2.42. The molecule has 1 aromatic rings. The van der Waals surface area contributed by atoms with Gasteiger partial charge in [0.2, 0.25) is 0 Å². The lowest BCUT2D eigenvalue weighted by molar-refractivity contribution is 0.475. The Balaban J connectivity index is 2.56. The van der Waals surface area contributed by atoms with E-state index in [9.17, 15) is 5.11 Å². The number of rotatable bonds is 1. The van der Waals surface area contributed by atoms with Crippen LogP contribution in [0.4, 0.5) is 0 Å². The Morgan fingerprint density at radius 3 is 2.44 bits per heavy atom. The molecule has 1 atom stereocenters. The Hall–Kier alpha value is -0.0500. The third-order valence-corrected chi connectivity index (χ3v) is 5.29. The van der Waals surface area contributed by atoms with E-state index >= 15 is 0 Å². The molecule has 0 aromatic heterocycles. The number of phenolic OH excluding ortho intramolecular Hbond substituents is 1. The van der Waals surface area contributed by atoms with Crippen LogP contribution in [0.1, 0.15) is 5.56 Å². The van der Waals surface area contributed by atoms with Crippen molar-refractivity contribution in [2.24, 2.45) is 0 Å². The van der Waals surface area contributed by atoms with E-state index in [1.54, 1.807) is 30.3 Å². The lowest BCUT2D eigenvalue weighted by Gasteiger charge is -2.29. The maximum Gasteiger partial charge on any atom is 0.174 e. The quantitative estimate of drug-likeness (QED) is 0.689. The molecule has 0 saturated heterocycles. The van der Waals surface area contributed by atoms with Gasteiger partial charge in [0, 0.05) is 5.03 Å². The Labute approximate surface area is 130 Å². The smallest absolute Gasteiger partial charge is 0.174 e. The Kier molecular flexibility index (Phi) is 4.10. The zero-order valence-electron chi connectivity index (χ0n) is 8.80. The maximum absolute atomic E-state index is 9.46. The molecule has 0 radical (unpaired) electrons. The van der Waals surface area contributed by atoms with Gasteiger partial charge in [-0.2, -0.15) is 0 Å². The van der Waals surface area contributed by atoms with Crippen LogP contribution in [0.3, 0.4) is 0 Å². The van der Waals surface area contributed by atoms with E-state index in [1.165, 1.54) is 0 Å². The van der Waals surface area contributed by atoms with Crippen molar-refractivity contribution in [1.82, 2.24) is 0 Å². The summed E-state index contributed by atoms with van der Waals surface area (Å²) in [5, 5.41) is 9.09. The Morgan fingerprint density at radius 1 is 1.17 bits per heavy atom. The molecule has 0 saturated carbocycles. The van der Waals surface area contributed by atoms with Gasteiger partial charge in [0.15, 0.2) is 4.33 Å². The summed E-state index contributed by atoms with van der Waals surface area (Å²) < 4.78 is -1.44. The molecular formula is C12H7Cl5O. The molecular weight excluding hydrogens is 337 g/mol. The van der Waals surface area contributed by atoms with Gasteiger partial charge >= 0.3 is 0 Å². The summed E-state index contributed by atoms with van der Waals surface area (Å²) in [6.45, 7) is 0. The number of halogens is 5. The molecule has 0 spiro atoms. The minimum Gasteiger partial charge on any atom is -0.508 e. The number of hydrogen-bond acceptors (Lipinski definition) is 1. The van der Waals surface area contributed by atoms with E-state index in [-0.39, 0.29) is 15.8 Å². The van der Waals surface area contributed by atoms with E-state index in [4.69, 9.17) is 58.0 Å². The molecule has 0 heterocycles. The third-order valence-electron chi connectivity index (χ3n) is 2.54. The first-order valence-corrected chi connectivity index (χ1v) is 6.87. The van der Waals surface area contributed by atoms with Crippen molar-refractivity contribution in [2.45, 2.75) is 9.71 Å². The fraction of sp³-hybridized carbons (Fsp3) is 0.167. The molecule has 1 nitrogen and oxygen atoms in total. The summed E-state index contributed by atoms with van der Waals surface area (Å²) in [4.78, 5) is 0. The lowest BCUT2D eigenvalue weighted by Crippen LogP contribution is -2.30. The predicted molar refractivity (Wildman–Crippen MR) is 78.9 cm³/mol. The second-order valence-corrected chi connectivity index (χ2v) is 6.43. The monoisotopic (exact) mass is 342 g/mol. The van der Waals surface area contributed by atoms with Crippen LogP contribution in [0.25, 0.3) is 5.57 Å². The first-order chi connectivity index (χ1) is 8.34. The molecule has 2 rings (SSSR count). The molecule has 18 heavy (non-hydrogen) atoms. The van der Waals surface area contributed by atoms with Crippen molar-refractivity contribution in [3.05, 3.63) is 46.0 Å². The van der Waals surface area contributed by atoms with E-state index < -0.39 is 9.71 Å². The summed E-state index contributed by atoms with van der Waals surface area (Å²) >= 11 is 30.3. The largest absolute Gasteiger partial charge is 0.508 e. The molecule has 96 valence electrons. The molecule has 1 unspecified atom stereocenters. The van der Waals surface area contributed by atoms with Gasteiger partial charge in [0.25, 0.3) is 0 Å². The van der Waals surface area contributed by atoms with Gasteiger partial charge in [-0.1, -0.05) is 58.5 Å². The van der Waals surface area contributed by atoms with Crippen LogP contribution in [0.15, 0.2) is 40.4 Å². The van der Waals surface area contributed by atoms with Crippen LogP contribution < -0.4 is 0 Å². The van der Waals surface area contributed by atoms with Crippen LogP contribution >= 0.6 is 58.0 Å². The maximum atomic E-state index is 9.46. The highest BCUT2D eigenvalue weighted by atomic mass is 35.5. The predicted octanol–water partition coefficient (Wildman–Crippen LogP) is 5.26. The van der Waals surface area contributed by atoms with Crippen molar-refractivity contribution < 1.29 is 5.11 Å². The summed E-state index contributed by atoms with van der Waals surface area (Å²) in [5.74, 6) is 0.119. The zero-order valence-corrected chi connectivity index (χ0v) is 12.6. The van der Waals surface area contributed by atoms with Crippen LogP contribution in [0.2, 0.25) is 0 Å². The average Bonchev–Trinajstić information content (AvgIpc) is 2.32. The van der Waals surface area contributed by atoms with Gasteiger partial charge in [-0.15, -0.1) is 11.6 Å². The standard InChI is InChI=1S/C12H7Cl5O/c13-9-5-8(6-2-1-3-7(18)4-6)10(14)11(15)12(9,16)17/h1-5,11,18H. The van der Waals surface area contributed by atoms with Gasteiger partial charge in [0.1, 0.15) is 11.1 Å². The zero-order chi connectivity index (χ0) is 13.5. The van der Waals surface area contributed by atoms with E-state index in [2.05, 4.69) is 0 Å². The Morgan fingerprint density at radius 2 is 1.83 bits per heavy atom. The van der Waals surface area contributed by atoms with Crippen LogP contribution in [0.5, 0.6) is 5.75 Å².